The lowest BCUT2D eigenvalue weighted by Gasteiger charge is -2.04. The molecule has 0 aliphatic heterocycles. The molecule has 1 heterocycles. The van der Waals surface area contributed by atoms with Crippen molar-refractivity contribution < 1.29 is 0 Å². The third-order valence-corrected chi connectivity index (χ3v) is 1.64. The molecule has 1 aromatic rings. The van der Waals surface area contributed by atoms with Crippen molar-refractivity contribution in [2.24, 2.45) is 7.05 Å². The van der Waals surface area contributed by atoms with E-state index in [0.29, 0.717) is 5.92 Å². The SMILES string of the molecule is C=Cc1nnn(C)c1C(C)C. The molecule has 0 aliphatic rings. The van der Waals surface area contributed by atoms with E-state index in [1.807, 2.05) is 7.05 Å². The van der Waals surface area contributed by atoms with Crippen molar-refractivity contribution in [3.8, 4) is 0 Å². The molecule has 3 nitrogen and oxygen atoms in total. The first-order valence-electron chi connectivity index (χ1n) is 3.68. The van der Waals surface area contributed by atoms with Gasteiger partial charge in [-0.25, -0.2) is 0 Å². The molecule has 0 N–H and O–H groups in total. The fraction of sp³-hybridized carbons (Fsp3) is 0.500. The first kappa shape index (κ1) is 7.98. The van der Waals surface area contributed by atoms with E-state index in [-0.39, 0.29) is 0 Å². The molecule has 3 heteroatoms. The average molecular weight is 151 g/mol. The van der Waals surface area contributed by atoms with Gasteiger partial charge in [0.25, 0.3) is 0 Å². The molecule has 0 atom stereocenters. The summed E-state index contributed by atoms with van der Waals surface area (Å²) in [4.78, 5) is 0. The molecule has 0 saturated heterocycles. The van der Waals surface area contributed by atoms with Crippen molar-refractivity contribution in [3.63, 3.8) is 0 Å². The lowest BCUT2D eigenvalue weighted by Crippen LogP contribution is -2.00. The van der Waals surface area contributed by atoms with Crippen molar-refractivity contribution in [2.45, 2.75) is 19.8 Å². The molecule has 0 amide bonds. The third-order valence-electron chi connectivity index (χ3n) is 1.64. The molecule has 60 valence electrons. The van der Waals surface area contributed by atoms with Gasteiger partial charge in [0.2, 0.25) is 0 Å². The van der Waals surface area contributed by atoms with Gasteiger partial charge in [0.15, 0.2) is 0 Å². The molecule has 1 aromatic heterocycles. The summed E-state index contributed by atoms with van der Waals surface area (Å²) in [5, 5.41) is 7.85. The Morgan fingerprint density at radius 1 is 1.55 bits per heavy atom. The Morgan fingerprint density at radius 2 is 2.18 bits per heavy atom. The highest BCUT2D eigenvalue weighted by atomic mass is 15.4. The fourth-order valence-corrected chi connectivity index (χ4v) is 1.20. The predicted molar refractivity (Wildman–Crippen MR) is 45.2 cm³/mol. The lowest BCUT2D eigenvalue weighted by atomic mass is 10.1. The first-order valence-corrected chi connectivity index (χ1v) is 3.68. The van der Waals surface area contributed by atoms with E-state index in [2.05, 4.69) is 30.7 Å². The van der Waals surface area contributed by atoms with Gasteiger partial charge in [0.1, 0.15) is 5.69 Å². The maximum atomic E-state index is 3.95. The van der Waals surface area contributed by atoms with E-state index in [9.17, 15) is 0 Å². The second-order valence-corrected chi connectivity index (χ2v) is 2.84. The first-order chi connectivity index (χ1) is 5.16. The summed E-state index contributed by atoms with van der Waals surface area (Å²) in [5.41, 5.74) is 2.03. The maximum absolute atomic E-state index is 3.95. The Bertz CT molecular complexity index is 260. The van der Waals surface area contributed by atoms with Crippen molar-refractivity contribution in [2.75, 3.05) is 0 Å². The molecule has 1 rings (SSSR count). The van der Waals surface area contributed by atoms with Crippen molar-refractivity contribution >= 4 is 6.08 Å². The summed E-state index contributed by atoms with van der Waals surface area (Å²) in [6.07, 6.45) is 1.74. The summed E-state index contributed by atoms with van der Waals surface area (Å²) in [6.45, 7) is 7.90. The van der Waals surface area contributed by atoms with Gasteiger partial charge in [-0.15, -0.1) is 5.10 Å². The summed E-state index contributed by atoms with van der Waals surface area (Å²) in [7, 11) is 1.90. The molecule has 0 spiro atoms. The minimum absolute atomic E-state index is 0.447. The normalized spacial score (nSPS) is 10.5. The molecular weight excluding hydrogens is 138 g/mol. The Kier molecular flexibility index (Phi) is 2.08. The number of rotatable bonds is 2. The number of aryl methyl sites for hydroxylation is 1. The van der Waals surface area contributed by atoms with E-state index in [1.54, 1.807) is 10.8 Å². The van der Waals surface area contributed by atoms with Crippen LogP contribution in [-0.2, 0) is 7.05 Å². The molecule has 0 aromatic carbocycles. The maximum Gasteiger partial charge on any atom is 0.108 e. The molecule has 0 radical (unpaired) electrons. The number of aromatic nitrogens is 3. The van der Waals surface area contributed by atoms with Crippen LogP contribution in [0.1, 0.15) is 31.2 Å². The molecule has 0 unspecified atom stereocenters. The van der Waals surface area contributed by atoms with Crippen LogP contribution in [0.15, 0.2) is 6.58 Å². The third kappa shape index (κ3) is 1.31. The largest absolute Gasteiger partial charge is 0.252 e. The molecule has 0 bridgehead atoms. The second kappa shape index (κ2) is 2.86. The van der Waals surface area contributed by atoms with Crippen LogP contribution in [0.2, 0.25) is 0 Å². The summed E-state index contributed by atoms with van der Waals surface area (Å²) in [6, 6.07) is 0. The van der Waals surface area contributed by atoms with E-state index >= 15 is 0 Å². The van der Waals surface area contributed by atoms with Gasteiger partial charge in [-0.2, -0.15) is 0 Å². The van der Waals surface area contributed by atoms with Crippen LogP contribution in [0.5, 0.6) is 0 Å². The van der Waals surface area contributed by atoms with E-state index in [4.69, 9.17) is 0 Å². The van der Waals surface area contributed by atoms with Gasteiger partial charge in [0.05, 0.1) is 5.69 Å². The minimum atomic E-state index is 0.447. The highest BCUT2D eigenvalue weighted by Gasteiger charge is 2.10. The van der Waals surface area contributed by atoms with E-state index < -0.39 is 0 Å². The van der Waals surface area contributed by atoms with E-state index in [0.717, 1.165) is 11.4 Å². The quantitative estimate of drug-likeness (QED) is 0.642. The smallest absolute Gasteiger partial charge is 0.108 e. The second-order valence-electron chi connectivity index (χ2n) is 2.84. The van der Waals surface area contributed by atoms with Crippen LogP contribution in [0.3, 0.4) is 0 Å². The molecule has 0 fully saturated rings. The zero-order valence-corrected chi connectivity index (χ0v) is 7.20. The topological polar surface area (TPSA) is 30.7 Å². The molecule has 11 heavy (non-hydrogen) atoms. The summed E-state index contributed by atoms with van der Waals surface area (Å²) in [5.74, 6) is 0.447. The molecule has 0 saturated carbocycles. The van der Waals surface area contributed by atoms with Gasteiger partial charge in [-0.1, -0.05) is 25.6 Å². The number of hydrogen-bond acceptors (Lipinski definition) is 2. The van der Waals surface area contributed by atoms with Gasteiger partial charge < -0.3 is 0 Å². The molecular formula is C8H13N3. The standard InChI is InChI=1S/C8H13N3/c1-5-7-8(6(2)3)11(4)10-9-7/h5-6H,1H2,2-4H3. The van der Waals surface area contributed by atoms with Crippen molar-refractivity contribution in [3.05, 3.63) is 18.0 Å². The van der Waals surface area contributed by atoms with Crippen LogP contribution in [0.25, 0.3) is 6.08 Å². The van der Waals surface area contributed by atoms with Crippen molar-refractivity contribution in [1.29, 1.82) is 0 Å². The van der Waals surface area contributed by atoms with Crippen LogP contribution >= 0.6 is 0 Å². The van der Waals surface area contributed by atoms with Gasteiger partial charge >= 0.3 is 0 Å². The zero-order chi connectivity index (χ0) is 8.43. The minimum Gasteiger partial charge on any atom is -0.252 e. The van der Waals surface area contributed by atoms with Gasteiger partial charge in [0, 0.05) is 7.05 Å². The molecule has 0 aliphatic carbocycles. The van der Waals surface area contributed by atoms with E-state index in [1.165, 1.54) is 0 Å². The monoisotopic (exact) mass is 151 g/mol. The van der Waals surface area contributed by atoms with Crippen LogP contribution in [0, 0.1) is 0 Å². The summed E-state index contributed by atoms with van der Waals surface area (Å²) >= 11 is 0. The van der Waals surface area contributed by atoms with Crippen LogP contribution in [-0.4, -0.2) is 15.0 Å². The average Bonchev–Trinajstić information content (AvgIpc) is 2.30. The number of nitrogens with zero attached hydrogens (tertiary/aromatic N) is 3. The highest BCUT2D eigenvalue weighted by molar-refractivity contribution is 5.44. The lowest BCUT2D eigenvalue weighted by molar-refractivity contribution is 0.648. The fourth-order valence-electron chi connectivity index (χ4n) is 1.20. The Labute approximate surface area is 66.7 Å². The Morgan fingerprint density at radius 3 is 2.55 bits per heavy atom. The summed E-state index contributed by atoms with van der Waals surface area (Å²) < 4.78 is 1.79. The Hall–Kier alpha value is -1.12. The van der Waals surface area contributed by atoms with Crippen LogP contribution < -0.4 is 0 Å². The van der Waals surface area contributed by atoms with Gasteiger partial charge in [-0.3, -0.25) is 4.68 Å². The van der Waals surface area contributed by atoms with Crippen LogP contribution in [0.4, 0.5) is 0 Å². The number of hydrogen-bond donors (Lipinski definition) is 0. The van der Waals surface area contributed by atoms with Gasteiger partial charge in [-0.05, 0) is 12.0 Å². The Balaban J connectivity index is 3.17. The predicted octanol–water partition coefficient (Wildman–Crippen LogP) is 1.58. The zero-order valence-electron chi connectivity index (χ0n) is 7.20. The highest BCUT2D eigenvalue weighted by Crippen LogP contribution is 2.16. The van der Waals surface area contributed by atoms with Crippen molar-refractivity contribution in [1.82, 2.24) is 15.0 Å².